The summed E-state index contributed by atoms with van der Waals surface area (Å²) < 4.78 is 38.2. The summed E-state index contributed by atoms with van der Waals surface area (Å²) in [7, 11) is -2.85. The zero-order valence-electron chi connectivity index (χ0n) is 17.5. The standard InChI is InChI=1S/C19H23N5O6S/c1-18(2)10-23-15(30-11-18)14(9-20-23)31(27,28)22-24-16(25)19(3,21-17(24)26)12-6-5-7-13(8-12)29-4/h5-9,22H,10-11H2,1-4H3,(H,21,26). The third kappa shape index (κ3) is 3.51. The van der Waals surface area contributed by atoms with E-state index in [4.69, 9.17) is 9.47 Å². The van der Waals surface area contributed by atoms with Crippen molar-refractivity contribution in [3.05, 3.63) is 36.0 Å². The van der Waals surface area contributed by atoms with Crippen LogP contribution in [0.3, 0.4) is 0 Å². The molecule has 1 unspecified atom stereocenters. The number of benzene rings is 1. The highest BCUT2D eigenvalue weighted by molar-refractivity contribution is 7.89. The quantitative estimate of drug-likeness (QED) is 0.650. The van der Waals surface area contributed by atoms with Gasteiger partial charge in [0.2, 0.25) is 5.88 Å². The van der Waals surface area contributed by atoms with Crippen LogP contribution in [0, 0.1) is 5.41 Å². The maximum Gasteiger partial charge on any atom is 0.341 e. The van der Waals surface area contributed by atoms with Gasteiger partial charge in [-0.1, -0.05) is 26.0 Å². The molecule has 31 heavy (non-hydrogen) atoms. The van der Waals surface area contributed by atoms with Gasteiger partial charge >= 0.3 is 6.03 Å². The van der Waals surface area contributed by atoms with Crippen LogP contribution in [-0.4, -0.2) is 48.9 Å². The van der Waals surface area contributed by atoms with Crippen LogP contribution in [0.25, 0.3) is 0 Å². The lowest BCUT2D eigenvalue weighted by atomic mass is 9.92. The SMILES string of the molecule is COc1cccc(C2(C)NC(=O)N(NS(=O)(=O)c3cnn4c3OCC(C)(C)C4)C2=O)c1. The van der Waals surface area contributed by atoms with Gasteiger partial charge in [0, 0.05) is 5.41 Å². The number of nitrogens with zero attached hydrogens (tertiary/aromatic N) is 3. The normalized spacial score (nSPS) is 22.6. The third-order valence-corrected chi connectivity index (χ3v) is 6.56. The molecule has 11 nitrogen and oxygen atoms in total. The molecule has 0 saturated carbocycles. The summed E-state index contributed by atoms with van der Waals surface area (Å²) in [6, 6.07) is 5.70. The molecule has 2 aliphatic rings. The van der Waals surface area contributed by atoms with E-state index >= 15 is 0 Å². The molecule has 0 spiro atoms. The molecular formula is C19H23N5O6S. The van der Waals surface area contributed by atoms with Crippen LogP contribution in [0.4, 0.5) is 4.79 Å². The molecule has 3 amide bonds. The van der Waals surface area contributed by atoms with Crippen LogP contribution in [0.5, 0.6) is 11.6 Å². The number of sulfonamides is 1. The second kappa shape index (κ2) is 6.95. The number of carbonyl (C=O) groups is 2. The first-order chi connectivity index (χ1) is 14.5. The number of ether oxygens (including phenoxy) is 2. The minimum absolute atomic E-state index is 0.0643. The van der Waals surface area contributed by atoms with Crippen LogP contribution in [0.1, 0.15) is 26.3 Å². The average molecular weight is 449 g/mol. The molecule has 2 aliphatic heterocycles. The summed E-state index contributed by atoms with van der Waals surface area (Å²) in [5, 5.41) is 7.07. The number of amides is 3. The van der Waals surface area contributed by atoms with Gasteiger partial charge in [-0.2, -0.15) is 10.1 Å². The molecule has 1 aromatic heterocycles. The number of rotatable bonds is 5. The molecule has 4 rings (SSSR count). The lowest BCUT2D eigenvalue weighted by molar-refractivity contribution is -0.132. The summed E-state index contributed by atoms with van der Waals surface area (Å²) in [5.74, 6) is -0.224. The fourth-order valence-corrected chi connectivity index (χ4v) is 4.62. The zero-order valence-corrected chi connectivity index (χ0v) is 18.3. The molecule has 1 aromatic carbocycles. The van der Waals surface area contributed by atoms with E-state index in [1.807, 2.05) is 13.8 Å². The number of imide groups is 1. The third-order valence-electron chi connectivity index (χ3n) is 5.28. The minimum Gasteiger partial charge on any atom is -0.497 e. The summed E-state index contributed by atoms with van der Waals surface area (Å²) in [6.45, 7) is 6.20. The van der Waals surface area contributed by atoms with E-state index < -0.39 is 27.5 Å². The van der Waals surface area contributed by atoms with Crippen molar-refractivity contribution in [1.82, 2.24) is 24.9 Å². The molecule has 0 bridgehead atoms. The Bertz CT molecular complexity index is 1170. The second-order valence-electron chi connectivity index (χ2n) is 8.45. The van der Waals surface area contributed by atoms with E-state index in [0.717, 1.165) is 6.20 Å². The Kier molecular flexibility index (Phi) is 4.74. The number of urea groups is 1. The van der Waals surface area contributed by atoms with Gasteiger partial charge in [0.05, 0.1) is 26.5 Å². The van der Waals surface area contributed by atoms with Gasteiger partial charge < -0.3 is 14.8 Å². The molecule has 2 aromatic rings. The fraction of sp³-hybridized carbons (Fsp3) is 0.421. The maximum atomic E-state index is 13.1. The molecule has 1 saturated heterocycles. The first-order valence-electron chi connectivity index (χ1n) is 9.49. The Labute approximate surface area is 179 Å². The predicted octanol–water partition coefficient (Wildman–Crippen LogP) is 0.971. The number of carbonyl (C=O) groups excluding carboxylic acids is 2. The number of fused-ring (bicyclic) bond motifs is 1. The largest absolute Gasteiger partial charge is 0.497 e. The zero-order chi connectivity index (χ0) is 22.6. The number of hydrogen-bond donors (Lipinski definition) is 2. The predicted molar refractivity (Wildman–Crippen MR) is 108 cm³/mol. The highest BCUT2D eigenvalue weighted by atomic mass is 32.2. The first-order valence-corrected chi connectivity index (χ1v) is 11.0. The summed E-state index contributed by atoms with van der Waals surface area (Å²) >= 11 is 0. The topological polar surface area (TPSA) is 132 Å². The molecule has 0 aliphatic carbocycles. The van der Waals surface area contributed by atoms with Crippen molar-refractivity contribution in [2.75, 3.05) is 13.7 Å². The molecule has 0 radical (unpaired) electrons. The Morgan fingerprint density at radius 3 is 2.71 bits per heavy atom. The summed E-state index contributed by atoms with van der Waals surface area (Å²) in [6.07, 6.45) is 1.14. The maximum absolute atomic E-state index is 13.1. The van der Waals surface area contributed by atoms with Crippen molar-refractivity contribution >= 4 is 22.0 Å². The number of aromatic nitrogens is 2. The Morgan fingerprint density at radius 1 is 1.26 bits per heavy atom. The number of nitrogens with one attached hydrogen (secondary N) is 2. The molecule has 166 valence electrons. The van der Waals surface area contributed by atoms with Gasteiger partial charge in [-0.25, -0.2) is 17.9 Å². The summed E-state index contributed by atoms with van der Waals surface area (Å²) in [4.78, 5) is 27.4. The van der Waals surface area contributed by atoms with Crippen molar-refractivity contribution < 1.29 is 27.5 Å². The van der Waals surface area contributed by atoms with Gasteiger partial charge in [-0.3, -0.25) is 4.79 Å². The fourth-order valence-electron chi connectivity index (χ4n) is 3.54. The number of hydrazine groups is 1. The smallest absolute Gasteiger partial charge is 0.341 e. The lowest BCUT2D eigenvalue weighted by Crippen LogP contribution is -2.47. The molecule has 1 fully saturated rings. The van der Waals surface area contributed by atoms with Crippen LogP contribution in [0.2, 0.25) is 0 Å². The highest BCUT2D eigenvalue weighted by Gasteiger charge is 2.51. The second-order valence-corrected chi connectivity index (χ2v) is 10.1. The Morgan fingerprint density at radius 2 is 2.00 bits per heavy atom. The molecule has 2 N–H and O–H groups in total. The first kappa shape index (κ1) is 21.1. The van der Waals surface area contributed by atoms with Gasteiger partial charge in [0.15, 0.2) is 4.90 Å². The van der Waals surface area contributed by atoms with Crippen LogP contribution in [-0.2, 0) is 26.9 Å². The van der Waals surface area contributed by atoms with Crippen LogP contribution < -0.4 is 19.6 Å². The Balaban J connectivity index is 1.62. The van der Waals surface area contributed by atoms with E-state index in [9.17, 15) is 18.0 Å². The minimum atomic E-state index is -4.33. The van der Waals surface area contributed by atoms with Gasteiger partial charge in [0.1, 0.15) is 11.3 Å². The van der Waals surface area contributed by atoms with E-state index in [2.05, 4.69) is 15.2 Å². The number of hydrogen-bond acceptors (Lipinski definition) is 7. The van der Waals surface area contributed by atoms with Crippen molar-refractivity contribution in [2.45, 2.75) is 37.8 Å². The molecule has 3 heterocycles. The van der Waals surface area contributed by atoms with Crippen molar-refractivity contribution in [3.8, 4) is 11.6 Å². The van der Waals surface area contributed by atoms with E-state index in [1.54, 1.807) is 24.3 Å². The van der Waals surface area contributed by atoms with E-state index in [-0.39, 0.29) is 16.2 Å². The van der Waals surface area contributed by atoms with Crippen molar-refractivity contribution in [1.29, 1.82) is 0 Å². The summed E-state index contributed by atoms with van der Waals surface area (Å²) in [5.41, 5.74) is -1.25. The van der Waals surface area contributed by atoms with Crippen molar-refractivity contribution in [2.24, 2.45) is 5.41 Å². The van der Waals surface area contributed by atoms with Crippen LogP contribution in [0.15, 0.2) is 35.4 Å². The van der Waals surface area contributed by atoms with Crippen molar-refractivity contribution in [3.63, 3.8) is 0 Å². The molecular weight excluding hydrogens is 426 g/mol. The lowest BCUT2D eigenvalue weighted by Gasteiger charge is -2.30. The van der Waals surface area contributed by atoms with Gasteiger partial charge in [-0.05, 0) is 24.6 Å². The molecule has 12 heteroatoms. The number of methoxy groups -OCH3 is 1. The molecule has 1 atom stereocenters. The Hall–Kier alpha value is -3.12. The van der Waals surface area contributed by atoms with E-state index in [0.29, 0.717) is 29.5 Å². The monoisotopic (exact) mass is 449 g/mol. The highest BCUT2D eigenvalue weighted by Crippen LogP contribution is 2.34. The van der Waals surface area contributed by atoms with Gasteiger partial charge in [0.25, 0.3) is 15.9 Å². The van der Waals surface area contributed by atoms with Crippen LogP contribution >= 0.6 is 0 Å². The van der Waals surface area contributed by atoms with Gasteiger partial charge in [-0.15, -0.1) is 4.83 Å². The average Bonchev–Trinajstić information content (AvgIpc) is 3.22. The van der Waals surface area contributed by atoms with E-state index in [1.165, 1.54) is 18.7 Å².